The van der Waals surface area contributed by atoms with Gasteiger partial charge in [0.15, 0.2) is 0 Å². The fourth-order valence-corrected chi connectivity index (χ4v) is 2.03. The SMILES string of the molecule is CCC(Nc1ccc(C(N)=O)cc1C)c1ccco1. The first-order chi connectivity index (χ1) is 9.11. The lowest BCUT2D eigenvalue weighted by molar-refractivity contribution is 0.1000. The van der Waals surface area contributed by atoms with Crippen LogP contribution in [-0.2, 0) is 0 Å². The lowest BCUT2D eigenvalue weighted by atomic mass is 10.1. The Balaban J connectivity index is 2.21. The molecule has 1 unspecified atom stereocenters. The van der Waals surface area contributed by atoms with Gasteiger partial charge in [0.05, 0.1) is 12.3 Å². The molecule has 0 spiro atoms. The normalized spacial score (nSPS) is 12.1. The lowest BCUT2D eigenvalue weighted by Gasteiger charge is -2.18. The first-order valence-electron chi connectivity index (χ1n) is 6.32. The van der Waals surface area contributed by atoms with Crippen molar-refractivity contribution < 1.29 is 9.21 Å². The Labute approximate surface area is 112 Å². The van der Waals surface area contributed by atoms with Gasteiger partial charge in [0.2, 0.25) is 5.91 Å². The van der Waals surface area contributed by atoms with Crippen LogP contribution in [0.15, 0.2) is 41.0 Å². The molecule has 3 N–H and O–H groups in total. The number of nitrogens with one attached hydrogen (secondary N) is 1. The Hall–Kier alpha value is -2.23. The van der Waals surface area contributed by atoms with Gasteiger partial charge in [0, 0.05) is 11.3 Å². The van der Waals surface area contributed by atoms with Crippen LogP contribution in [0.25, 0.3) is 0 Å². The molecule has 0 radical (unpaired) electrons. The molecule has 0 bridgehead atoms. The average molecular weight is 258 g/mol. The monoisotopic (exact) mass is 258 g/mol. The van der Waals surface area contributed by atoms with Crippen LogP contribution in [0.5, 0.6) is 0 Å². The summed E-state index contributed by atoms with van der Waals surface area (Å²) in [6.07, 6.45) is 2.58. The quantitative estimate of drug-likeness (QED) is 0.865. The lowest BCUT2D eigenvalue weighted by Crippen LogP contribution is -2.13. The van der Waals surface area contributed by atoms with Gasteiger partial charge in [-0.05, 0) is 49.2 Å². The highest BCUT2D eigenvalue weighted by Gasteiger charge is 2.13. The summed E-state index contributed by atoms with van der Waals surface area (Å²) in [6, 6.07) is 9.34. The Bertz CT molecular complexity index is 562. The minimum Gasteiger partial charge on any atom is -0.467 e. The highest BCUT2D eigenvalue weighted by molar-refractivity contribution is 5.93. The maximum Gasteiger partial charge on any atom is 0.248 e. The number of primary amides is 1. The van der Waals surface area contributed by atoms with Crippen LogP contribution in [0, 0.1) is 6.92 Å². The van der Waals surface area contributed by atoms with Gasteiger partial charge in [0.25, 0.3) is 0 Å². The Kier molecular flexibility index (Phi) is 3.90. The third-order valence-corrected chi connectivity index (χ3v) is 3.14. The van der Waals surface area contributed by atoms with Gasteiger partial charge in [-0.2, -0.15) is 0 Å². The zero-order chi connectivity index (χ0) is 13.8. The van der Waals surface area contributed by atoms with Crippen molar-refractivity contribution in [3.05, 3.63) is 53.5 Å². The van der Waals surface area contributed by atoms with E-state index in [0.717, 1.165) is 23.4 Å². The summed E-state index contributed by atoms with van der Waals surface area (Å²) in [5, 5.41) is 3.42. The van der Waals surface area contributed by atoms with E-state index < -0.39 is 5.91 Å². The number of carbonyl (C=O) groups is 1. The molecule has 2 aromatic rings. The number of benzene rings is 1. The minimum absolute atomic E-state index is 0.119. The second-order valence-electron chi connectivity index (χ2n) is 4.51. The van der Waals surface area contributed by atoms with Gasteiger partial charge in [-0.1, -0.05) is 6.92 Å². The molecular formula is C15H18N2O2. The zero-order valence-electron chi connectivity index (χ0n) is 11.1. The van der Waals surface area contributed by atoms with Crippen molar-refractivity contribution in [3.8, 4) is 0 Å². The molecule has 0 saturated carbocycles. The first kappa shape index (κ1) is 13.2. The van der Waals surface area contributed by atoms with Crippen molar-refractivity contribution in [1.29, 1.82) is 0 Å². The predicted octanol–water partition coefficient (Wildman–Crippen LogP) is 3.25. The molecule has 1 amide bonds. The van der Waals surface area contributed by atoms with Crippen LogP contribution in [0.3, 0.4) is 0 Å². The Morgan fingerprint density at radius 3 is 2.74 bits per heavy atom. The molecule has 0 aliphatic carbocycles. The van der Waals surface area contributed by atoms with Gasteiger partial charge in [-0.25, -0.2) is 0 Å². The van der Waals surface area contributed by atoms with Crippen molar-refractivity contribution in [3.63, 3.8) is 0 Å². The van der Waals surface area contributed by atoms with Crippen LogP contribution in [0.1, 0.15) is 41.1 Å². The largest absolute Gasteiger partial charge is 0.467 e. The predicted molar refractivity (Wildman–Crippen MR) is 75.1 cm³/mol. The van der Waals surface area contributed by atoms with Gasteiger partial charge >= 0.3 is 0 Å². The molecule has 0 aliphatic rings. The standard InChI is InChI=1S/C15H18N2O2/c1-3-12(14-5-4-8-19-14)17-13-7-6-11(15(16)18)9-10(13)2/h4-9,12,17H,3H2,1-2H3,(H2,16,18). The molecule has 19 heavy (non-hydrogen) atoms. The van der Waals surface area contributed by atoms with Crippen molar-refractivity contribution in [2.24, 2.45) is 5.73 Å². The number of furan rings is 1. The third-order valence-electron chi connectivity index (χ3n) is 3.14. The molecule has 0 saturated heterocycles. The zero-order valence-corrected chi connectivity index (χ0v) is 11.1. The first-order valence-corrected chi connectivity index (χ1v) is 6.32. The van der Waals surface area contributed by atoms with Crippen LogP contribution in [0.4, 0.5) is 5.69 Å². The number of hydrogen-bond acceptors (Lipinski definition) is 3. The fraction of sp³-hybridized carbons (Fsp3) is 0.267. The number of anilines is 1. The maximum absolute atomic E-state index is 11.1. The van der Waals surface area contributed by atoms with E-state index in [4.69, 9.17) is 10.2 Å². The average Bonchev–Trinajstić information content (AvgIpc) is 2.91. The molecule has 4 nitrogen and oxygen atoms in total. The summed E-state index contributed by atoms with van der Waals surface area (Å²) >= 11 is 0. The van der Waals surface area contributed by atoms with Gasteiger partial charge in [0.1, 0.15) is 5.76 Å². The number of carbonyl (C=O) groups excluding carboxylic acids is 1. The molecule has 4 heteroatoms. The summed E-state index contributed by atoms with van der Waals surface area (Å²) in [4.78, 5) is 11.1. The van der Waals surface area contributed by atoms with Crippen molar-refractivity contribution >= 4 is 11.6 Å². The van der Waals surface area contributed by atoms with E-state index in [1.54, 1.807) is 18.4 Å². The van der Waals surface area contributed by atoms with E-state index in [-0.39, 0.29) is 6.04 Å². The number of rotatable bonds is 5. The number of aryl methyl sites for hydroxylation is 1. The van der Waals surface area contributed by atoms with Crippen LogP contribution in [-0.4, -0.2) is 5.91 Å². The molecule has 2 rings (SSSR count). The van der Waals surface area contributed by atoms with Crippen molar-refractivity contribution in [2.45, 2.75) is 26.3 Å². The molecular weight excluding hydrogens is 240 g/mol. The summed E-state index contributed by atoms with van der Waals surface area (Å²) in [6.45, 7) is 4.04. The topological polar surface area (TPSA) is 68.3 Å². The van der Waals surface area contributed by atoms with Gasteiger partial charge in [-0.3, -0.25) is 4.79 Å². The van der Waals surface area contributed by atoms with E-state index in [2.05, 4.69) is 12.2 Å². The van der Waals surface area contributed by atoms with E-state index in [1.165, 1.54) is 0 Å². The van der Waals surface area contributed by atoms with Crippen LogP contribution < -0.4 is 11.1 Å². The number of amides is 1. The van der Waals surface area contributed by atoms with E-state index in [1.807, 2.05) is 25.1 Å². The maximum atomic E-state index is 11.1. The molecule has 100 valence electrons. The van der Waals surface area contributed by atoms with E-state index >= 15 is 0 Å². The highest BCUT2D eigenvalue weighted by atomic mass is 16.3. The Morgan fingerprint density at radius 2 is 2.21 bits per heavy atom. The van der Waals surface area contributed by atoms with Gasteiger partial charge < -0.3 is 15.5 Å². The number of hydrogen-bond donors (Lipinski definition) is 2. The fourth-order valence-electron chi connectivity index (χ4n) is 2.03. The summed E-state index contributed by atoms with van der Waals surface area (Å²) in [5.74, 6) is 0.494. The molecule has 1 aromatic carbocycles. The molecule has 0 aliphatic heterocycles. The third kappa shape index (κ3) is 2.96. The van der Waals surface area contributed by atoms with Crippen LogP contribution in [0.2, 0.25) is 0 Å². The second-order valence-corrected chi connectivity index (χ2v) is 4.51. The molecule has 1 atom stereocenters. The van der Waals surface area contributed by atoms with Crippen LogP contribution >= 0.6 is 0 Å². The van der Waals surface area contributed by atoms with Crippen molar-refractivity contribution in [1.82, 2.24) is 0 Å². The molecule has 0 fully saturated rings. The Morgan fingerprint density at radius 1 is 1.42 bits per heavy atom. The summed E-state index contributed by atoms with van der Waals surface area (Å²) in [5.41, 5.74) is 7.75. The van der Waals surface area contributed by atoms with E-state index in [0.29, 0.717) is 5.56 Å². The molecule has 1 heterocycles. The smallest absolute Gasteiger partial charge is 0.248 e. The molecule has 1 aromatic heterocycles. The number of nitrogens with two attached hydrogens (primary N) is 1. The summed E-state index contributed by atoms with van der Waals surface area (Å²) < 4.78 is 5.42. The summed E-state index contributed by atoms with van der Waals surface area (Å²) in [7, 11) is 0. The minimum atomic E-state index is -0.410. The van der Waals surface area contributed by atoms with Crippen molar-refractivity contribution in [2.75, 3.05) is 5.32 Å². The van der Waals surface area contributed by atoms with E-state index in [9.17, 15) is 4.79 Å². The van der Waals surface area contributed by atoms with Gasteiger partial charge in [-0.15, -0.1) is 0 Å². The highest BCUT2D eigenvalue weighted by Crippen LogP contribution is 2.25. The second kappa shape index (κ2) is 5.61.